The van der Waals surface area contributed by atoms with Gasteiger partial charge in [-0.25, -0.2) is 9.37 Å². The van der Waals surface area contributed by atoms with Crippen LogP contribution in [0.15, 0.2) is 34.9 Å². The first-order chi connectivity index (χ1) is 18.9. The number of nitrogens with zero attached hydrogens (tertiary/aromatic N) is 3. The van der Waals surface area contributed by atoms with Crippen molar-refractivity contribution in [1.82, 2.24) is 20.1 Å². The number of oxazole rings is 1. The predicted octanol–water partition coefficient (Wildman–Crippen LogP) is 3.19. The Morgan fingerprint density at radius 3 is 2.56 bits per heavy atom. The van der Waals surface area contributed by atoms with E-state index in [1.807, 2.05) is 11.8 Å². The normalized spacial score (nSPS) is 23.7. The highest BCUT2D eigenvalue weighted by Gasteiger charge is 2.45. The SMILES string of the molecule is CCC(N)C(=O)N[C@H](C(=O)N1C[C@H]2CCCN2C[C@H]1c1nc(C(=O)c2ccc(F)cc2)co1)C1CCCCC1. The van der Waals surface area contributed by atoms with Gasteiger partial charge in [0.15, 0.2) is 0 Å². The van der Waals surface area contributed by atoms with E-state index >= 15 is 0 Å². The lowest BCUT2D eigenvalue weighted by atomic mass is 9.82. The second kappa shape index (κ2) is 12.0. The number of piperazine rings is 1. The van der Waals surface area contributed by atoms with Crippen molar-refractivity contribution in [3.8, 4) is 0 Å². The molecule has 1 saturated carbocycles. The van der Waals surface area contributed by atoms with Crippen LogP contribution in [0.2, 0.25) is 0 Å². The van der Waals surface area contributed by atoms with E-state index in [0.717, 1.165) is 51.5 Å². The number of ketones is 1. The number of amides is 2. The molecule has 3 N–H and O–H groups in total. The number of hydrogen-bond donors (Lipinski definition) is 2. The monoisotopic (exact) mass is 539 g/mol. The van der Waals surface area contributed by atoms with Gasteiger partial charge in [-0.3, -0.25) is 19.3 Å². The van der Waals surface area contributed by atoms with Crippen LogP contribution >= 0.6 is 0 Å². The second-order valence-electron chi connectivity index (χ2n) is 11.1. The molecular formula is C29H38FN5O4. The molecule has 2 saturated heterocycles. The summed E-state index contributed by atoms with van der Waals surface area (Å²) in [5.41, 5.74) is 6.44. The molecule has 1 aliphatic carbocycles. The van der Waals surface area contributed by atoms with E-state index in [1.54, 1.807) is 0 Å². The number of benzene rings is 1. The van der Waals surface area contributed by atoms with Gasteiger partial charge in [0.05, 0.1) is 6.04 Å². The van der Waals surface area contributed by atoms with Crippen LogP contribution < -0.4 is 11.1 Å². The Hall–Kier alpha value is -3.11. The summed E-state index contributed by atoms with van der Waals surface area (Å²) in [7, 11) is 0. The fourth-order valence-electron chi connectivity index (χ4n) is 6.24. The number of nitrogens with one attached hydrogen (secondary N) is 1. The zero-order valence-electron chi connectivity index (χ0n) is 22.5. The fourth-order valence-corrected chi connectivity index (χ4v) is 6.24. The number of carbonyl (C=O) groups is 3. The topological polar surface area (TPSA) is 122 Å². The number of aromatic nitrogens is 1. The summed E-state index contributed by atoms with van der Waals surface area (Å²) in [4.78, 5) is 48.8. The van der Waals surface area contributed by atoms with E-state index in [2.05, 4.69) is 15.2 Å². The van der Waals surface area contributed by atoms with E-state index < -0.39 is 23.9 Å². The van der Waals surface area contributed by atoms with Gasteiger partial charge >= 0.3 is 0 Å². The average molecular weight is 540 g/mol. The van der Waals surface area contributed by atoms with Crippen LogP contribution in [0.4, 0.5) is 4.39 Å². The highest BCUT2D eigenvalue weighted by molar-refractivity contribution is 6.07. The van der Waals surface area contributed by atoms with Crippen molar-refractivity contribution in [3.63, 3.8) is 0 Å². The maximum Gasteiger partial charge on any atom is 0.246 e. The third-order valence-electron chi connectivity index (χ3n) is 8.58. The van der Waals surface area contributed by atoms with E-state index in [-0.39, 0.29) is 41.1 Å². The molecule has 9 nitrogen and oxygen atoms in total. The Morgan fingerprint density at radius 2 is 1.85 bits per heavy atom. The molecule has 210 valence electrons. The predicted molar refractivity (Wildman–Crippen MR) is 142 cm³/mol. The van der Waals surface area contributed by atoms with Crippen molar-refractivity contribution in [2.75, 3.05) is 19.6 Å². The quantitative estimate of drug-likeness (QED) is 0.494. The maximum absolute atomic E-state index is 14.3. The lowest BCUT2D eigenvalue weighted by molar-refractivity contribution is -0.145. The molecule has 10 heteroatoms. The number of nitrogens with two attached hydrogens (primary N) is 1. The van der Waals surface area contributed by atoms with E-state index in [9.17, 15) is 18.8 Å². The molecule has 2 amide bonds. The first kappa shape index (κ1) is 27.5. The molecule has 4 atom stereocenters. The first-order valence-electron chi connectivity index (χ1n) is 14.2. The van der Waals surface area contributed by atoms with Gasteiger partial charge in [0.1, 0.15) is 29.9 Å². The van der Waals surface area contributed by atoms with Crippen molar-refractivity contribution in [3.05, 3.63) is 53.5 Å². The van der Waals surface area contributed by atoms with Crippen LogP contribution in [0.3, 0.4) is 0 Å². The van der Waals surface area contributed by atoms with Crippen molar-refractivity contribution in [2.45, 2.75) is 82.5 Å². The summed E-state index contributed by atoms with van der Waals surface area (Å²) >= 11 is 0. The van der Waals surface area contributed by atoms with Gasteiger partial charge < -0.3 is 20.4 Å². The van der Waals surface area contributed by atoms with Crippen LogP contribution in [-0.2, 0) is 9.59 Å². The number of rotatable bonds is 8. The molecule has 0 bridgehead atoms. The van der Waals surface area contributed by atoms with Gasteiger partial charge in [0, 0.05) is 24.7 Å². The van der Waals surface area contributed by atoms with Crippen molar-refractivity contribution < 1.29 is 23.2 Å². The minimum absolute atomic E-state index is 0.0432. The van der Waals surface area contributed by atoms with Gasteiger partial charge in [0.25, 0.3) is 0 Å². The summed E-state index contributed by atoms with van der Waals surface area (Å²) in [6.07, 6.45) is 8.78. The summed E-state index contributed by atoms with van der Waals surface area (Å²) in [6, 6.07) is 3.69. The Bertz CT molecular complexity index is 1180. The fraction of sp³-hybridized carbons (Fsp3) is 0.586. The van der Waals surface area contributed by atoms with Gasteiger partial charge in [-0.2, -0.15) is 0 Å². The molecule has 1 unspecified atom stereocenters. The minimum atomic E-state index is -0.668. The molecule has 0 radical (unpaired) electrons. The van der Waals surface area contributed by atoms with E-state index in [1.165, 1.54) is 30.5 Å². The molecule has 3 heterocycles. The van der Waals surface area contributed by atoms with Crippen molar-refractivity contribution in [2.24, 2.45) is 11.7 Å². The zero-order valence-corrected chi connectivity index (χ0v) is 22.5. The summed E-state index contributed by atoms with van der Waals surface area (Å²) in [5, 5.41) is 3.01. The number of halogens is 1. The molecule has 3 fully saturated rings. The third kappa shape index (κ3) is 5.91. The molecule has 5 rings (SSSR count). The summed E-state index contributed by atoms with van der Waals surface area (Å²) in [6.45, 7) is 3.83. The Kier molecular flexibility index (Phi) is 8.42. The van der Waals surface area contributed by atoms with Crippen LogP contribution in [0.5, 0.6) is 0 Å². The van der Waals surface area contributed by atoms with Gasteiger partial charge in [-0.15, -0.1) is 0 Å². The maximum atomic E-state index is 14.3. The lowest BCUT2D eigenvalue weighted by Crippen LogP contribution is -2.61. The largest absolute Gasteiger partial charge is 0.446 e. The summed E-state index contributed by atoms with van der Waals surface area (Å²) in [5.74, 6) is -0.914. The average Bonchev–Trinajstić information content (AvgIpc) is 3.64. The van der Waals surface area contributed by atoms with Crippen LogP contribution in [0.25, 0.3) is 0 Å². The van der Waals surface area contributed by atoms with Crippen LogP contribution in [-0.4, -0.2) is 70.1 Å². The van der Waals surface area contributed by atoms with Gasteiger partial charge in [-0.05, 0) is 68.8 Å². The third-order valence-corrected chi connectivity index (χ3v) is 8.58. The molecule has 1 aromatic heterocycles. The number of fused-ring (bicyclic) bond motifs is 1. The summed E-state index contributed by atoms with van der Waals surface area (Å²) < 4.78 is 19.2. The first-order valence-corrected chi connectivity index (χ1v) is 14.2. The molecule has 2 aliphatic heterocycles. The number of carbonyl (C=O) groups excluding carboxylic acids is 3. The van der Waals surface area contributed by atoms with Crippen LogP contribution in [0, 0.1) is 11.7 Å². The Balaban J connectivity index is 1.43. The van der Waals surface area contributed by atoms with Crippen molar-refractivity contribution in [1.29, 1.82) is 0 Å². The molecule has 2 aromatic rings. The van der Waals surface area contributed by atoms with E-state index in [4.69, 9.17) is 10.2 Å². The Labute approximate surface area is 228 Å². The van der Waals surface area contributed by atoms with Crippen LogP contribution in [0.1, 0.15) is 86.3 Å². The molecule has 39 heavy (non-hydrogen) atoms. The zero-order chi connectivity index (χ0) is 27.5. The number of hydrogen-bond acceptors (Lipinski definition) is 7. The molecular weight excluding hydrogens is 501 g/mol. The minimum Gasteiger partial charge on any atom is -0.446 e. The molecule has 0 spiro atoms. The van der Waals surface area contributed by atoms with Gasteiger partial charge in [0.2, 0.25) is 23.5 Å². The highest BCUT2D eigenvalue weighted by Crippen LogP contribution is 2.35. The molecule has 3 aliphatic rings. The highest BCUT2D eigenvalue weighted by atomic mass is 19.1. The standard InChI is InChI=1S/C29H38FN5O4/c1-2-22(31)27(37)33-25(18-7-4-3-5-8-18)29(38)35-15-21-9-6-14-34(21)16-24(35)28-32-23(17-39-28)26(36)19-10-12-20(30)13-11-19/h10-13,17-18,21-22,24-25H,2-9,14-16,31H2,1H3,(H,33,37)/t21-,22?,24+,25+/m1/s1. The Morgan fingerprint density at radius 1 is 1.10 bits per heavy atom. The van der Waals surface area contributed by atoms with Crippen molar-refractivity contribution >= 4 is 17.6 Å². The lowest BCUT2D eigenvalue weighted by Gasteiger charge is -2.44. The van der Waals surface area contributed by atoms with E-state index in [0.29, 0.717) is 25.1 Å². The molecule has 1 aromatic carbocycles. The second-order valence-corrected chi connectivity index (χ2v) is 11.1. The smallest absolute Gasteiger partial charge is 0.246 e. The van der Waals surface area contributed by atoms with Gasteiger partial charge in [-0.1, -0.05) is 26.2 Å².